The zero-order valence-electron chi connectivity index (χ0n) is 16.0. The molecule has 0 aliphatic heterocycles. The molecule has 0 bridgehead atoms. The summed E-state index contributed by atoms with van der Waals surface area (Å²) >= 11 is 0. The highest BCUT2D eigenvalue weighted by molar-refractivity contribution is 6.03. The number of hydrogen-bond acceptors (Lipinski definition) is 6. The Kier molecular flexibility index (Phi) is 6.06. The summed E-state index contributed by atoms with van der Waals surface area (Å²) in [6.07, 6.45) is 0. The molecule has 0 saturated carbocycles. The number of rotatable bonds is 7. The molecule has 1 aromatic heterocycles. The van der Waals surface area contributed by atoms with Gasteiger partial charge in [-0.15, -0.1) is 0 Å². The lowest BCUT2D eigenvalue weighted by molar-refractivity contribution is 0.102. The molecule has 2 N–H and O–H groups in total. The third-order valence-electron chi connectivity index (χ3n) is 4.05. The fourth-order valence-corrected chi connectivity index (χ4v) is 2.71. The molecule has 3 rings (SSSR count). The smallest absolute Gasteiger partial charge is 0.274 e. The van der Waals surface area contributed by atoms with E-state index in [0.29, 0.717) is 29.6 Å². The summed E-state index contributed by atoms with van der Waals surface area (Å²) in [5.74, 6) is 2.20. The Morgan fingerprint density at radius 3 is 2.61 bits per heavy atom. The van der Waals surface area contributed by atoms with Crippen molar-refractivity contribution >= 4 is 17.4 Å². The van der Waals surface area contributed by atoms with Crippen molar-refractivity contribution in [2.24, 2.45) is 0 Å². The predicted molar refractivity (Wildman–Crippen MR) is 108 cm³/mol. The molecular weight excluding hydrogens is 356 g/mol. The highest BCUT2D eigenvalue weighted by Gasteiger charge is 2.12. The lowest BCUT2D eigenvalue weighted by Crippen LogP contribution is -2.16. The summed E-state index contributed by atoms with van der Waals surface area (Å²) in [6.45, 7) is 2.26. The van der Waals surface area contributed by atoms with Crippen LogP contribution < -0.4 is 20.1 Å². The Morgan fingerprint density at radius 1 is 1.00 bits per heavy atom. The normalized spacial score (nSPS) is 10.2. The molecule has 0 unspecified atom stereocenters. The van der Waals surface area contributed by atoms with Gasteiger partial charge in [0, 0.05) is 29.9 Å². The summed E-state index contributed by atoms with van der Waals surface area (Å²) in [7, 11) is 3.21. The number of methoxy groups -OCH3 is 2. The molecule has 7 nitrogen and oxygen atoms in total. The van der Waals surface area contributed by atoms with E-state index in [9.17, 15) is 4.79 Å². The first-order valence-corrected chi connectivity index (χ1v) is 8.76. The van der Waals surface area contributed by atoms with Crippen molar-refractivity contribution in [2.75, 3.05) is 24.9 Å². The van der Waals surface area contributed by atoms with E-state index < -0.39 is 0 Å². The minimum Gasteiger partial charge on any atom is -0.497 e. The molecule has 0 saturated heterocycles. The highest BCUT2D eigenvalue weighted by Crippen LogP contribution is 2.20. The van der Waals surface area contributed by atoms with Crippen LogP contribution in [0, 0.1) is 6.92 Å². The van der Waals surface area contributed by atoms with Crippen LogP contribution in [0.5, 0.6) is 11.5 Å². The van der Waals surface area contributed by atoms with Gasteiger partial charge < -0.3 is 20.1 Å². The Morgan fingerprint density at radius 2 is 1.82 bits per heavy atom. The van der Waals surface area contributed by atoms with E-state index in [-0.39, 0.29) is 11.6 Å². The molecule has 1 amide bonds. The van der Waals surface area contributed by atoms with Crippen LogP contribution in [0.4, 0.5) is 11.5 Å². The van der Waals surface area contributed by atoms with Gasteiger partial charge in [-0.2, -0.15) is 0 Å². The van der Waals surface area contributed by atoms with Crippen LogP contribution in [0.3, 0.4) is 0 Å². The van der Waals surface area contributed by atoms with E-state index >= 15 is 0 Å². The summed E-state index contributed by atoms with van der Waals surface area (Å²) in [4.78, 5) is 21.2. The van der Waals surface area contributed by atoms with E-state index in [1.165, 1.54) is 0 Å². The molecule has 0 fully saturated rings. The molecule has 1 heterocycles. The van der Waals surface area contributed by atoms with Crippen LogP contribution in [0.1, 0.15) is 21.9 Å². The molecule has 0 aliphatic carbocycles. The highest BCUT2D eigenvalue weighted by atomic mass is 16.5. The van der Waals surface area contributed by atoms with E-state index in [1.807, 2.05) is 30.3 Å². The largest absolute Gasteiger partial charge is 0.497 e. The van der Waals surface area contributed by atoms with Crippen molar-refractivity contribution in [1.82, 2.24) is 9.97 Å². The first-order valence-electron chi connectivity index (χ1n) is 8.76. The van der Waals surface area contributed by atoms with Gasteiger partial charge in [0.05, 0.1) is 14.2 Å². The van der Waals surface area contributed by atoms with Gasteiger partial charge in [-0.05, 0) is 25.1 Å². The van der Waals surface area contributed by atoms with Gasteiger partial charge in [-0.25, -0.2) is 9.97 Å². The monoisotopic (exact) mass is 378 g/mol. The van der Waals surface area contributed by atoms with Gasteiger partial charge in [-0.3, -0.25) is 4.79 Å². The number of amides is 1. The number of aryl methyl sites for hydroxylation is 1. The molecule has 0 atom stereocenters. The van der Waals surface area contributed by atoms with Crippen molar-refractivity contribution in [1.29, 1.82) is 0 Å². The number of para-hydroxylation sites is 1. The van der Waals surface area contributed by atoms with Crippen LogP contribution in [-0.4, -0.2) is 30.1 Å². The van der Waals surface area contributed by atoms with E-state index in [2.05, 4.69) is 20.6 Å². The number of hydrogen-bond donors (Lipinski definition) is 2. The number of carbonyl (C=O) groups is 1. The van der Waals surface area contributed by atoms with E-state index in [4.69, 9.17) is 9.47 Å². The van der Waals surface area contributed by atoms with Crippen molar-refractivity contribution in [3.05, 3.63) is 71.7 Å². The van der Waals surface area contributed by atoms with E-state index in [0.717, 1.165) is 11.3 Å². The summed E-state index contributed by atoms with van der Waals surface area (Å²) < 4.78 is 10.5. The van der Waals surface area contributed by atoms with E-state index in [1.54, 1.807) is 45.4 Å². The third-order valence-corrected chi connectivity index (χ3v) is 4.05. The van der Waals surface area contributed by atoms with Crippen molar-refractivity contribution in [3.63, 3.8) is 0 Å². The standard InChI is InChI=1S/C21H22N4O3/c1-14-23-18(21(26)25-16-8-6-9-17(11-16)27-2)12-20(24-14)22-13-15-7-4-5-10-19(15)28-3/h4-12H,13H2,1-3H3,(H,25,26)(H,22,23,24). The maximum absolute atomic E-state index is 12.6. The topological polar surface area (TPSA) is 85.4 Å². The van der Waals surface area contributed by atoms with Gasteiger partial charge in [-0.1, -0.05) is 24.3 Å². The zero-order valence-corrected chi connectivity index (χ0v) is 16.0. The first kappa shape index (κ1) is 19.2. The second-order valence-electron chi connectivity index (χ2n) is 6.04. The van der Waals surface area contributed by atoms with Gasteiger partial charge in [0.25, 0.3) is 5.91 Å². The van der Waals surface area contributed by atoms with Gasteiger partial charge in [0.2, 0.25) is 0 Å². The molecular formula is C21H22N4O3. The van der Waals surface area contributed by atoms with Gasteiger partial charge in [0.15, 0.2) is 0 Å². The number of ether oxygens (including phenoxy) is 2. The zero-order chi connectivity index (χ0) is 19.9. The lowest BCUT2D eigenvalue weighted by Gasteiger charge is -2.11. The second-order valence-corrected chi connectivity index (χ2v) is 6.04. The molecule has 0 radical (unpaired) electrons. The average Bonchev–Trinajstić information content (AvgIpc) is 2.72. The summed E-state index contributed by atoms with van der Waals surface area (Å²) in [5, 5.41) is 6.05. The Hall–Kier alpha value is -3.61. The Labute approximate surface area is 163 Å². The Bertz CT molecular complexity index is 975. The fraction of sp³-hybridized carbons (Fsp3) is 0.190. The maximum Gasteiger partial charge on any atom is 0.274 e. The van der Waals surface area contributed by atoms with Crippen LogP contribution >= 0.6 is 0 Å². The van der Waals surface area contributed by atoms with Crippen molar-refractivity contribution in [3.8, 4) is 11.5 Å². The van der Waals surface area contributed by atoms with Crippen LogP contribution in [0.25, 0.3) is 0 Å². The van der Waals surface area contributed by atoms with Crippen LogP contribution in [0.2, 0.25) is 0 Å². The molecule has 7 heteroatoms. The summed E-state index contributed by atoms with van der Waals surface area (Å²) in [6, 6.07) is 16.5. The second kappa shape index (κ2) is 8.85. The SMILES string of the molecule is COc1cccc(NC(=O)c2cc(NCc3ccccc3OC)nc(C)n2)c1. The number of nitrogens with one attached hydrogen (secondary N) is 2. The molecule has 3 aromatic rings. The van der Waals surface area contributed by atoms with Crippen LogP contribution in [-0.2, 0) is 6.54 Å². The van der Waals surface area contributed by atoms with Crippen LogP contribution in [0.15, 0.2) is 54.6 Å². The number of nitrogens with zero attached hydrogens (tertiary/aromatic N) is 2. The number of carbonyl (C=O) groups excluding carboxylic acids is 1. The number of anilines is 2. The van der Waals surface area contributed by atoms with Crippen molar-refractivity contribution in [2.45, 2.75) is 13.5 Å². The van der Waals surface area contributed by atoms with Crippen molar-refractivity contribution < 1.29 is 14.3 Å². The molecule has 0 aliphatic rings. The lowest BCUT2D eigenvalue weighted by atomic mass is 10.2. The number of aromatic nitrogens is 2. The minimum atomic E-state index is -0.320. The predicted octanol–water partition coefficient (Wildman–Crippen LogP) is 3.67. The maximum atomic E-state index is 12.6. The van der Waals surface area contributed by atoms with Gasteiger partial charge in [0.1, 0.15) is 28.8 Å². The molecule has 144 valence electrons. The Balaban J connectivity index is 1.74. The first-order chi connectivity index (χ1) is 13.6. The quantitative estimate of drug-likeness (QED) is 0.653. The molecule has 28 heavy (non-hydrogen) atoms. The minimum absolute atomic E-state index is 0.276. The third kappa shape index (κ3) is 4.76. The number of benzene rings is 2. The fourth-order valence-electron chi connectivity index (χ4n) is 2.71. The summed E-state index contributed by atoms with van der Waals surface area (Å²) in [5.41, 5.74) is 1.89. The molecule has 2 aromatic carbocycles. The average molecular weight is 378 g/mol. The van der Waals surface area contributed by atoms with Gasteiger partial charge >= 0.3 is 0 Å². The molecule has 0 spiro atoms.